The monoisotopic (exact) mass is 251 g/mol. The van der Waals surface area contributed by atoms with Crippen LogP contribution in [0.3, 0.4) is 0 Å². The van der Waals surface area contributed by atoms with Crippen molar-refractivity contribution in [3.63, 3.8) is 0 Å². The Morgan fingerprint density at radius 3 is 2.67 bits per heavy atom. The minimum Gasteiger partial charge on any atom is -0.455 e. The zero-order valence-corrected chi connectivity index (χ0v) is 10.1. The second-order valence-corrected chi connectivity index (χ2v) is 4.68. The number of hydrogen-bond donors (Lipinski definition) is 2. The summed E-state index contributed by atoms with van der Waals surface area (Å²) in [5.74, 6) is -0.977. The van der Waals surface area contributed by atoms with Gasteiger partial charge in [0.05, 0.1) is 5.69 Å². The van der Waals surface area contributed by atoms with Crippen molar-refractivity contribution in [3.05, 3.63) is 24.0 Å². The number of aromatic nitrogens is 1. The summed E-state index contributed by atoms with van der Waals surface area (Å²) in [6.07, 6.45) is 5.12. The largest absolute Gasteiger partial charge is 0.455 e. The summed E-state index contributed by atoms with van der Waals surface area (Å²) in [7, 11) is 0. The highest BCUT2D eigenvalue weighted by Gasteiger charge is 2.38. The molecule has 1 saturated carbocycles. The number of rotatable bonds is 4. The number of carbonyl (C=O) groups is 2. The van der Waals surface area contributed by atoms with E-state index in [1.807, 2.05) is 0 Å². The lowest BCUT2D eigenvalue weighted by Gasteiger charge is -2.29. The van der Waals surface area contributed by atoms with E-state index >= 15 is 0 Å². The Morgan fingerprint density at radius 2 is 2.06 bits per heavy atom. The molecule has 18 heavy (non-hydrogen) atoms. The van der Waals surface area contributed by atoms with Crippen LogP contribution in [-0.2, 0) is 9.53 Å². The van der Waals surface area contributed by atoms with E-state index in [0.717, 1.165) is 19.3 Å². The van der Waals surface area contributed by atoms with E-state index in [4.69, 9.17) is 4.74 Å². The summed E-state index contributed by atoms with van der Waals surface area (Å²) in [6, 6.07) is 3.31. The third kappa shape index (κ3) is 2.79. The van der Waals surface area contributed by atoms with Crippen LogP contribution in [0.2, 0.25) is 0 Å². The number of aromatic amines is 1. The van der Waals surface area contributed by atoms with Crippen molar-refractivity contribution < 1.29 is 19.4 Å². The van der Waals surface area contributed by atoms with E-state index in [2.05, 4.69) is 4.98 Å². The fraction of sp³-hybridized carbons (Fsp3) is 0.538. The fourth-order valence-electron chi connectivity index (χ4n) is 2.19. The molecule has 98 valence electrons. The number of Topliss-reactive ketones (excluding diaryl/α,β-unsaturated/α-hetero) is 1. The molecule has 1 aliphatic carbocycles. The van der Waals surface area contributed by atoms with Gasteiger partial charge in [-0.3, -0.25) is 4.79 Å². The molecule has 0 radical (unpaired) electrons. The molecule has 1 aliphatic rings. The van der Waals surface area contributed by atoms with Crippen molar-refractivity contribution in [2.75, 3.05) is 6.61 Å². The lowest BCUT2D eigenvalue weighted by Crippen LogP contribution is -2.42. The first-order valence-corrected chi connectivity index (χ1v) is 6.18. The first-order valence-electron chi connectivity index (χ1n) is 6.18. The van der Waals surface area contributed by atoms with Crippen LogP contribution in [0.1, 0.15) is 42.6 Å². The van der Waals surface area contributed by atoms with Gasteiger partial charge in [0.15, 0.2) is 12.2 Å². The third-order valence-electron chi connectivity index (χ3n) is 3.29. The molecule has 0 atom stereocenters. The molecule has 0 unspecified atom stereocenters. The van der Waals surface area contributed by atoms with Crippen LogP contribution < -0.4 is 0 Å². The first kappa shape index (κ1) is 12.8. The van der Waals surface area contributed by atoms with Gasteiger partial charge in [-0.15, -0.1) is 0 Å². The minimum absolute atomic E-state index is 0.298. The molecule has 0 aliphatic heterocycles. The van der Waals surface area contributed by atoms with E-state index in [9.17, 15) is 14.7 Å². The van der Waals surface area contributed by atoms with Gasteiger partial charge in [-0.1, -0.05) is 6.42 Å². The predicted octanol–water partition coefficient (Wildman–Crippen LogP) is 1.44. The second-order valence-electron chi connectivity index (χ2n) is 4.68. The summed E-state index contributed by atoms with van der Waals surface area (Å²) in [5, 5.41) is 10.1. The highest BCUT2D eigenvalue weighted by atomic mass is 16.6. The predicted molar refractivity (Wildman–Crippen MR) is 64.1 cm³/mol. The SMILES string of the molecule is O=C(COC(=O)C1(O)CCCCC1)c1ccc[nH]1. The van der Waals surface area contributed by atoms with Crippen molar-refractivity contribution in [3.8, 4) is 0 Å². The number of H-pyrrole nitrogens is 1. The molecular formula is C13H17NO4. The van der Waals surface area contributed by atoms with Gasteiger partial charge in [0.2, 0.25) is 5.78 Å². The van der Waals surface area contributed by atoms with Crippen LogP contribution in [0.15, 0.2) is 18.3 Å². The molecule has 1 heterocycles. The van der Waals surface area contributed by atoms with Gasteiger partial charge in [-0.25, -0.2) is 4.79 Å². The number of esters is 1. The number of ether oxygens (including phenoxy) is 1. The Kier molecular flexibility index (Phi) is 3.81. The molecule has 0 saturated heterocycles. The molecule has 0 spiro atoms. The van der Waals surface area contributed by atoms with E-state index in [1.165, 1.54) is 0 Å². The molecule has 5 heteroatoms. The summed E-state index contributed by atoms with van der Waals surface area (Å²) in [5.41, 5.74) is -0.993. The fourth-order valence-corrected chi connectivity index (χ4v) is 2.19. The number of ketones is 1. The van der Waals surface area contributed by atoms with E-state index in [0.29, 0.717) is 18.5 Å². The van der Waals surface area contributed by atoms with Crippen molar-refractivity contribution in [1.82, 2.24) is 4.98 Å². The van der Waals surface area contributed by atoms with Crippen LogP contribution in [0.25, 0.3) is 0 Å². The maximum Gasteiger partial charge on any atom is 0.338 e. The Morgan fingerprint density at radius 1 is 1.33 bits per heavy atom. The van der Waals surface area contributed by atoms with E-state index in [-0.39, 0.29) is 12.4 Å². The van der Waals surface area contributed by atoms with Gasteiger partial charge in [-0.2, -0.15) is 0 Å². The molecule has 1 aromatic rings. The standard InChI is InChI=1S/C13H17NO4/c15-11(10-5-4-8-14-10)9-18-12(16)13(17)6-2-1-3-7-13/h4-5,8,14,17H,1-3,6-7,9H2. The lowest BCUT2D eigenvalue weighted by atomic mass is 9.85. The van der Waals surface area contributed by atoms with Crippen LogP contribution in [-0.4, -0.2) is 34.1 Å². The Balaban J connectivity index is 1.86. The number of hydrogen-bond acceptors (Lipinski definition) is 4. The minimum atomic E-state index is -1.39. The molecule has 1 fully saturated rings. The van der Waals surface area contributed by atoms with Crippen molar-refractivity contribution in [1.29, 1.82) is 0 Å². The van der Waals surface area contributed by atoms with Gasteiger partial charge in [0.25, 0.3) is 0 Å². The van der Waals surface area contributed by atoms with Crippen LogP contribution >= 0.6 is 0 Å². The molecule has 0 amide bonds. The Hall–Kier alpha value is -1.62. The van der Waals surface area contributed by atoms with Crippen LogP contribution in [0, 0.1) is 0 Å². The highest BCUT2D eigenvalue weighted by molar-refractivity contribution is 5.96. The number of aliphatic hydroxyl groups is 1. The first-order chi connectivity index (χ1) is 8.62. The van der Waals surface area contributed by atoms with Crippen molar-refractivity contribution >= 4 is 11.8 Å². The van der Waals surface area contributed by atoms with Gasteiger partial charge in [-0.05, 0) is 37.8 Å². The Bertz CT molecular complexity index is 418. The van der Waals surface area contributed by atoms with Gasteiger partial charge < -0.3 is 14.8 Å². The summed E-state index contributed by atoms with van der Waals surface area (Å²) < 4.78 is 4.91. The summed E-state index contributed by atoms with van der Waals surface area (Å²) in [4.78, 5) is 26.1. The zero-order valence-electron chi connectivity index (χ0n) is 10.1. The van der Waals surface area contributed by atoms with Crippen LogP contribution in [0.5, 0.6) is 0 Å². The lowest BCUT2D eigenvalue weighted by molar-refractivity contribution is -0.167. The van der Waals surface area contributed by atoms with E-state index in [1.54, 1.807) is 18.3 Å². The average molecular weight is 251 g/mol. The summed E-state index contributed by atoms with van der Waals surface area (Å²) >= 11 is 0. The number of carbonyl (C=O) groups excluding carboxylic acids is 2. The number of nitrogens with one attached hydrogen (secondary N) is 1. The summed E-state index contributed by atoms with van der Waals surface area (Å²) in [6.45, 7) is -0.332. The maximum atomic E-state index is 11.8. The maximum absolute atomic E-state index is 11.8. The van der Waals surface area contributed by atoms with E-state index < -0.39 is 11.6 Å². The molecule has 1 aromatic heterocycles. The van der Waals surface area contributed by atoms with Gasteiger partial charge in [0.1, 0.15) is 0 Å². The average Bonchev–Trinajstić information content (AvgIpc) is 2.90. The molecule has 5 nitrogen and oxygen atoms in total. The third-order valence-corrected chi connectivity index (χ3v) is 3.29. The second kappa shape index (κ2) is 5.35. The zero-order chi connectivity index (χ0) is 13.0. The highest BCUT2D eigenvalue weighted by Crippen LogP contribution is 2.29. The smallest absolute Gasteiger partial charge is 0.338 e. The van der Waals surface area contributed by atoms with Gasteiger partial charge >= 0.3 is 5.97 Å². The van der Waals surface area contributed by atoms with Crippen LogP contribution in [0.4, 0.5) is 0 Å². The molecule has 0 aromatic carbocycles. The van der Waals surface area contributed by atoms with Crippen molar-refractivity contribution in [2.45, 2.75) is 37.7 Å². The normalized spacial score (nSPS) is 18.3. The molecular weight excluding hydrogens is 234 g/mol. The topological polar surface area (TPSA) is 79.4 Å². The molecule has 2 N–H and O–H groups in total. The van der Waals surface area contributed by atoms with Crippen molar-refractivity contribution in [2.24, 2.45) is 0 Å². The van der Waals surface area contributed by atoms with Gasteiger partial charge in [0, 0.05) is 6.20 Å². The quantitative estimate of drug-likeness (QED) is 0.626. The Labute approximate surface area is 105 Å². The molecule has 2 rings (SSSR count). The molecule has 0 bridgehead atoms.